The number of carbonyl (C=O) groups excluding carboxylic acids is 2. The average Bonchev–Trinajstić information content (AvgIpc) is 3.09. The predicted molar refractivity (Wildman–Crippen MR) is 124 cm³/mol. The number of alkyl carbamates (subject to hydrolysis) is 1. The molecule has 2 aliphatic carbocycles. The highest BCUT2D eigenvalue weighted by atomic mass is 16.5. The van der Waals surface area contributed by atoms with Gasteiger partial charge in [0.25, 0.3) is 0 Å². The molecular weight excluding hydrogens is 420 g/mol. The van der Waals surface area contributed by atoms with Crippen molar-refractivity contribution in [1.82, 2.24) is 10.6 Å². The van der Waals surface area contributed by atoms with E-state index in [-0.39, 0.29) is 43.2 Å². The largest absolute Gasteiger partial charge is 0.481 e. The molecule has 4 rings (SSSR count). The Kier molecular flexibility index (Phi) is 6.77. The molecule has 2 aliphatic rings. The Morgan fingerprint density at radius 1 is 1.06 bits per heavy atom. The van der Waals surface area contributed by atoms with Crippen LogP contribution in [-0.2, 0) is 14.3 Å². The summed E-state index contributed by atoms with van der Waals surface area (Å²) >= 11 is 0. The Balaban J connectivity index is 1.32. The number of fused-ring (bicyclic) bond motifs is 3. The lowest BCUT2D eigenvalue weighted by molar-refractivity contribution is -0.139. The standard InChI is InChI=1S/C26H28N2O5/c1-2-7-23(25(31)27-17-12-16(13-17)14-24(29)30)28-26(32)33-15-22-20-10-5-3-8-18(20)19-9-4-6-11-21(19)22/h2-6,8-11,16-17,22-23H,1,7,12-15H2,(H,27,31)(H,28,32)(H,29,30). The van der Waals surface area contributed by atoms with E-state index in [0.717, 1.165) is 22.3 Å². The maximum Gasteiger partial charge on any atom is 0.407 e. The Bertz CT molecular complexity index is 1010. The van der Waals surface area contributed by atoms with Crippen molar-refractivity contribution in [3.05, 3.63) is 72.3 Å². The minimum Gasteiger partial charge on any atom is -0.481 e. The topological polar surface area (TPSA) is 105 Å². The van der Waals surface area contributed by atoms with Gasteiger partial charge in [0.1, 0.15) is 12.6 Å². The highest BCUT2D eigenvalue weighted by molar-refractivity contribution is 5.86. The zero-order valence-electron chi connectivity index (χ0n) is 18.3. The number of carboxylic acids is 1. The summed E-state index contributed by atoms with van der Waals surface area (Å²) in [4.78, 5) is 36.0. The molecule has 3 N–H and O–H groups in total. The molecule has 33 heavy (non-hydrogen) atoms. The SMILES string of the molecule is C=CCC(NC(=O)OCC1c2ccccc2-c2ccccc21)C(=O)NC1CC(CC(=O)O)C1. The summed E-state index contributed by atoms with van der Waals surface area (Å²) < 4.78 is 5.54. The van der Waals surface area contributed by atoms with Gasteiger partial charge in [0.2, 0.25) is 5.91 Å². The van der Waals surface area contributed by atoms with E-state index in [9.17, 15) is 14.4 Å². The number of carbonyl (C=O) groups is 3. The van der Waals surface area contributed by atoms with Gasteiger partial charge in [-0.15, -0.1) is 6.58 Å². The summed E-state index contributed by atoms with van der Waals surface area (Å²) in [5, 5.41) is 14.4. The molecule has 1 saturated carbocycles. The average molecular weight is 449 g/mol. The third-order valence-electron chi connectivity index (χ3n) is 6.40. The summed E-state index contributed by atoms with van der Waals surface area (Å²) in [5.41, 5.74) is 4.53. The molecule has 1 fully saturated rings. The fraction of sp³-hybridized carbons (Fsp3) is 0.346. The van der Waals surface area contributed by atoms with E-state index in [1.165, 1.54) is 0 Å². The number of carboxylic acid groups (broad SMARTS) is 1. The molecule has 1 unspecified atom stereocenters. The Morgan fingerprint density at radius 3 is 2.24 bits per heavy atom. The van der Waals surface area contributed by atoms with Crippen molar-refractivity contribution >= 4 is 18.0 Å². The van der Waals surface area contributed by atoms with Gasteiger partial charge in [-0.05, 0) is 47.4 Å². The van der Waals surface area contributed by atoms with Crippen LogP contribution >= 0.6 is 0 Å². The number of hydrogen-bond acceptors (Lipinski definition) is 4. The summed E-state index contributed by atoms with van der Waals surface area (Å²) in [5.74, 6) is -1.12. The molecule has 0 radical (unpaired) electrons. The zero-order chi connectivity index (χ0) is 23.4. The van der Waals surface area contributed by atoms with Gasteiger partial charge in [0.15, 0.2) is 0 Å². The number of amides is 2. The van der Waals surface area contributed by atoms with Gasteiger partial charge in [-0.25, -0.2) is 4.79 Å². The first-order valence-electron chi connectivity index (χ1n) is 11.2. The fourth-order valence-electron chi connectivity index (χ4n) is 4.75. The third-order valence-corrected chi connectivity index (χ3v) is 6.40. The van der Waals surface area contributed by atoms with Gasteiger partial charge in [0.05, 0.1) is 0 Å². The molecule has 0 aliphatic heterocycles. The van der Waals surface area contributed by atoms with Gasteiger partial charge in [-0.1, -0.05) is 54.6 Å². The van der Waals surface area contributed by atoms with E-state index in [1.807, 2.05) is 36.4 Å². The maximum absolute atomic E-state index is 12.6. The molecule has 2 amide bonds. The van der Waals surface area contributed by atoms with Crippen molar-refractivity contribution in [2.75, 3.05) is 6.61 Å². The second-order valence-electron chi connectivity index (χ2n) is 8.69. The first kappa shape index (κ1) is 22.6. The molecule has 1 atom stereocenters. The van der Waals surface area contributed by atoms with Crippen LogP contribution < -0.4 is 10.6 Å². The van der Waals surface area contributed by atoms with Crippen LogP contribution in [0.3, 0.4) is 0 Å². The lowest BCUT2D eigenvalue weighted by Gasteiger charge is -2.35. The lowest BCUT2D eigenvalue weighted by Crippen LogP contribution is -2.53. The van der Waals surface area contributed by atoms with Gasteiger partial charge < -0.3 is 20.5 Å². The first-order valence-corrected chi connectivity index (χ1v) is 11.2. The van der Waals surface area contributed by atoms with Crippen LogP contribution in [0.15, 0.2) is 61.2 Å². The van der Waals surface area contributed by atoms with Crippen LogP contribution in [0, 0.1) is 5.92 Å². The van der Waals surface area contributed by atoms with Crippen LogP contribution in [0.4, 0.5) is 4.79 Å². The van der Waals surface area contributed by atoms with Gasteiger partial charge in [0, 0.05) is 18.4 Å². The third kappa shape index (κ3) is 5.08. The molecule has 172 valence electrons. The van der Waals surface area contributed by atoms with Crippen LogP contribution in [0.25, 0.3) is 11.1 Å². The van der Waals surface area contributed by atoms with E-state index >= 15 is 0 Å². The number of ether oxygens (including phenoxy) is 1. The van der Waals surface area contributed by atoms with Crippen LogP contribution in [0.2, 0.25) is 0 Å². The first-order chi connectivity index (χ1) is 16.0. The molecule has 0 bridgehead atoms. The number of nitrogens with one attached hydrogen (secondary N) is 2. The fourth-order valence-corrected chi connectivity index (χ4v) is 4.75. The summed E-state index contributed by atoms with van der Waals surface area (Å²) in [6.07, 6.45) is 2.55. The summed E-state index contributed by atoms with van der Waals surface area (Å²) in [7, 11) is 0. The summed E-state index contributed by atoms with van der Waals surface area (Å²) in [6, 6.07) is 15.3. The van der Waals surface area contributed by atoms with Crippen LogP contribution in [0.1, 0.15) is 42.7 Å². The quantitative estimate of drug-likeness (QED) is 0.506. The Labute approximate surface area is 192 Å². The van der Waals surface area contributed by atoms with Gasteiger partial charge in [-0.3, -0.25) is 9.59 Å². The number of rotatable bonds is 9. The van der Waals surface area contributed by atoms with Crippen LogP contribution in [-0.4, -0.2) is 41.8 Å². The van der Waals surface area contributed by atoms with E-state index in [1.54, 1.807) is 6.08 Å². The van der Waals surface area contributed by atoms with Gasteiger partial charge >= 0.3 is 12.1 Å². The number of aliphatic carboxylic acids is 1. The second-order valence-corrected chi connectivity index (χ2v) is 8.69. The van der Waals surface area contributed by atoms with Crippen molar-refractivity contribution in [1.29, 1.82) is 0 Å². The Hall–Kier alpha value is -3.61. The second kappa shape index (κ2) is 9.90. The normalized spacial score (nSPS) is 19.4. The predicted octanol–water partition coefficient (Wildman–Crippen LogP) is 3.84. The smallest absolute Gasteiger partial charge is 0.407 e. The molecule has 0 heterocycles. The van der Waals surface area contributed by atoms with Crippen molar-refractivity contribution < 1.29 is 24.2 Å². The van der Waals surface area contributed by atoms with Crippen LogP contribution in [0.5, 0.6) is 0 Å². The molecule has 2 aromatic rings. The van der Waals surface area contributed by atoms with E-state index < -0.39 is 18.1 Å². The Morgan fingerprint density at radius 2 is 1.67 bits per heavy atom. The van der Waals surface area contributed by atoms with E-state index in [4.69, 9.17) is 9.84 Å². The molecule has 7 heteroatoms. The van der Waals surface area contributed by atoms with Crippen molar-refractivity contribution in [3.8, 4) is 11.1 Å². The van der Waals surface area contributed by atoms with Crippen molar-refractivity contribution in [3.63, 3.8) is 0 Å². The maximum atomic E-state index is 12.6. The zero-order valence-corrected chi connectivity index (χ0v) is 18.3. The number of hydrogen-bond donors (Lipinski definition) is 3. The number of benzene rings is 2. The van der Waals surface area contributed by atoms with Gasteiger partial charge in [-0.2, -0.15) is 0 Å². The van der Waals surface area contributed by atoms with E-state index in [2.05, 4.69) is 29.3 Å². The molecule has 2 aromatic carbocycles. The minimum atomic E-state index is -0.828. The van der Waals surface area contributed by atoms with Crippen molar-refractivity contribution in [2.24, 2.45) is 5.92 Å². The van der Waals surface area contributed by atoms with E-state index in [0.29, 0.717) is 12.8 Å². The minimum absolute atomic E-state index is 0.0593. The highest BCUT2D eigenvalue weighted by Crippen LogP contribution is 2.44. The molecular formula is C26H28N2O5. The molecule has 0 spiro atoms. The summed E-state index contributed by atoms with van der Waals surface area (Å²) in [6.45, 7) is 3.84. The lowest BCUT2D eigenvalue weighted by atomic mass is 9.78. The monoisotopic (exact) mass is 448 g/mol. The molecule has 0 saturated heterocycles. The highest BCUT2D eigenvalue weighted by Gasteiger charge is 2.34. The van der Waals surface area contributed by atoms with Crippen molar-refractivity contribution in [2.45, 2.75) is 43.7 Å². The molecule has 0 aromatic heterocycles. The molecule has 7 nitrogen and oxygen atoms in total.